The number of aliphatic hydroxyl groups excluding tert-OH is 1. The van der Waals surface area contributed by atoms with Crippen molar-refractivity contribution in [1.82, 2.24) is 0 Å². The predicted octanol–water partition coefficient (Wildman–Crippen LogP) is 0.919. The number of aliphatic carboxylic acids is 1. The second-order valence-corrected chi connectivity index (χ2v) is 2.07. The van der Waals surface area contributed by atoms with E-state index in [-0.39, 0.29) is 12.8 Å². The van der Waals surface area contributed by atoms with Crippen LogP contribution in [0.2, 0.25) is 0 Å². The highest BCUT2D eigenvalue weighted by Crippen LogP contribution is 2.03. The number of alkyl halides is 1. The standard InChI is InChI=1S/C6H11FO3/c7-5(8)3-1-2-4-6(9)10/h5,8H,1-4H2,(H,9,10). The summed E-state index contributed by atoms with van der Waals surface area (Å²) in [5, 5.41) is 16.2. The highest BCUT2D eigenvalue weighted by molar-refractivity contribution is 5.66. The fourth-order valence-corrected chi connectivity index (χ4v) is 0.589. The third kappa shape index (κ3) is 7.36. The van der Waals surface area contributed by atoms with E-state index < -0.39 is 12.3 Å². The van der Waals surface area contributed by atoms with Gasteiger partial charge in [0.25, 0.3) is 0 Å². The van der Waals surface area contributed by atoms with Gasteiger partial charge in [0.15, 0.2) is 6.36 Å². The Morgan fingerprint density at radius 2 is 2.10 bits per heavy atom. The van der Waals surface area contributed by atoms with Crippen LogP contribution in [0.1, 0.15) is 25.7 Å². The van der Waals surface area contributed by atoms with E-state index in [1.165, 1.54) is 0 Å². The predicted molar refractivity (Wildman–Crippen MR) is 33.2 cm³/mol. The van der Waals surface area contributed by atoms with Crippen molar-refractivity contribution in [1.29, 1.82) is 0 Å². The first-order chi connectivity index (χ1) is 4.63. The fourth-order valence-electron chi connectivity index (χ4n) is 0.589. The van der Waals surface area contributed by atoms with E-state index in [4.69, 9.17) is 10.2 Å². The van der Waals surface area contributed by atoms with Crippen LogP contribution in [0.25, 0.3) is 0 Å². The van der Waals surface area contributed by atoms with Crippen molar-refractivity contribution in [3.05, 3.63) is 0 Å². The SMILES string of the molecule is O=C(O)CCCCC(O)F. The van der Waals surface area contributed by atoms with Gasteiger partial charge >= 0.3 is 5.97 Å². The lowest BCUT2D eigenvalue weighted by Gasteiger charge is -1.97. The molecule has 1 unspecified atom stereocenters. The molecule has 0 aliphatic rings. The number of rotatable bonds is 5. The van der Waals surface area contributed by atoms with Crippen molar-refractivity contribution >= 4 is 5.97 Å². The van der Waals surface area contributed by atoms with Crippen molar-refractivity contribution in [2.24, 2.45) is 0 Å². The van der Waals surface area contributed by atoms with Gasteiger partial charge in [0.1, 0.15) is 0 Å². The van der Waals surface area contributed by atoms with Crippen molar-refractivity contribution in [2.45, 2.75) is 32.0 Å². The number of unbranched alkanes of at least 4 members (excludes halogenated alkanes) is 1. The number of carboxylic acid groups (broad SMARTS) is 1. The number of carboxylic acids is 1. The molecular weight excluding hydrogens is 139 g/mol. The maximum absolute atomic E-state index is 11.6. The number of carbonyl (C=O) groups is 1. The Hall–Kier alpha value is -0.640. The summed E-state index contributed by atoms with van der Waals surface area (Å²) in [6.45, 7) is 0. The van der Waals surface area contributed by atoms with Gasteiger partial charge in [-0.1, -0.05) is 0 Å². The van der Waals surface area contributed by atoms with Crippen LogP contribution in [-0.2, 0) is 4.79 Å². The minimum atomic E-state index is -1.80. The Kier molecular flexibility index (Phi) is 4.84. The largest absolute Gasteiger partial charge is 0.481 e. The van der Waals surface area contributed by atoms with Crippen LogP contribution in [0.5, 0.6) is 0 Å². The molecule has 0 aliphatic heterocycles. The molecule has 0 aliphatic carbocycles. The van der Waals surface area contributed by atoms with Crippen LogP contribution < -0.4 is 0 Å². The lowest BCUT2D eigenvalue weighted by atomic mass is 10.2. The molecule has 4 heteroatoms. The maximum atomic E-state index is 11.6. The number of halogens is 1. The zero-order valence-corrected chi connectivity index (χ0v) is 5.59. The second kappa shape index (κ2) is 5.17. The molecule has 0 rings (SSSR count). The topological polar surface area (TPSA) is 57.5 Å². The molecule has 0 radical (unpaired) electrons. The molecule has 60 valence electrons. The molecule has 10 heavy (non-hydrogen) atoms. The van der Waals surface area contributed by atoms with Gasteiger partial charge in [-0.05, 0) is 12.8 Å². The summed E-state index contributed by atoms with van der Waals surface area (Å²) in [6.07, 6.45) is -0.867. The first kappa shape index (κ1) is 9.36. The third-order valence-corrected chi connectivity index (χ3v) is 1.08. The number of hydrogen-bond donors (Lipinski definition) is 2. The first-order valence-corrected chi connectivity index (χ1v) is 3.17. The average molecular weight is 150 g/mol. The molecule has 1 atom stereocenters. The fraction of sp³-hybridized carbons (Fsp3) is 0.833. The van der Waals surface area contributed by atoms with E-state index in [1.54, 1.807) is 0 Å². The maximum Gasteiger partial charge on any atom is 0.303 e. The molecule has 0 fully saturated rings. The Bertz CT molecular complexity index is 103. The van der Waals surface area contributed by atoms with Gasteiger partial charge < -0.3 is 10.2 Å². The summed E-state index contributed by atoms with van der Waals surface area (Å²) >= 11 is 0. The van der Waals surface area contributed by atoms with Crippen molar-refractivity contribution in [3.63, 3.8) is 0 Å². The van der Waals surface area contributed by atoms with E-state index in [2.05, 4.69) is 0 Å². The van der Waals surface area contributed by atoms with E-state index in [0.717, 1.165) is 0 Å². The summed E-state index contributed by atoms with van der Waals surface area (Å²) in [6, 6.07) is 0. The molecular formula is C6H11FO3. The van der Waals surface area contributed by atoms with Crippen LogP contribution in [0, 0.1) is 0 Å². The summed E-state index contributed by atoms with van der Waals surface area (Å²) < 4.78 is 11.6. The average Bonchev–Trinajstić information content (AvgIpc) is 1.79. The minimum absolute atomic E-state index is 0.0350. The zero-order valence-electron chi connectivity index (χ0n) is 5.59. The molecule has 0 spiro atoms. The normalized spacial score (nSPS) is 13.0. The molecule has 0 amide bonds. The summed E-state index contributed by atoms with van der Waals surface area (Å²) in [7, 11) is 0. The molecule has 0 aromatic rings. The Balaban J connectivity index is 2.98. The summed E-state index contributed by atoms with van der Waals surface area (Å²) in [4.78, 5) is 9.89. The molecule has 0 bridgehead atoms. The van der Waals surface area contributed by atoms with E-state index in [0.29, 0.717) is 12.8 Å². The van der Waals surface area contributed by atoms with Gasteiger partial charge in [0, 0.05) is 12.8 Å². The number of aliphatic hydroxyl groups is 1. The quantitative estimate of drug-likeness (QED) is 0.573. The Morgan fingerprint density at radius 1 is 1.50 bits per heavy atom. The van der Waals surface area contributed by atoms with Crippen molar-refractivity contribution < 1.29 is 19.4 Å². The van der Waals surface area contributed by atoms with Crippen molar-refractivity contribution in [3.8, 4) is 0 Å². The molecule has 0 aromatic carbocycles. The summed E-state index contributed by atoms with van der Waals surface area (Å²) in [5.41, 5.74) is 0. The molecule has 0 heterocycles. The van der Waals surface area contributed by atoms with Gasteiger partial charge in [-0.25, -0.2) is 4.39 Å². The molecule has 0 saturated heterocycles. The molecule has 0 saturated carbocycles. The smallest absolute Gasteiger partial charge is 0.303 e. The van der Waals surface area contributed by atoms with Crippen LogP contribution in [0.3, 0.4) is 0 Å². The summed E-state index contributed by atoms with van der Waals surface area (Å²) in [5.74, 6) is -0.881. The van der Waals surface area contributed by atoms with E-state index in [1.807, 2.05) is 0 Å². The van der Waals surface area contributed by atoms with Gasteiger partial charge in [0.05, 0.1) is 0 Å². The number of hydrogen-bond acceptors (Lipinski definition) is 2. The molecule has 3 nitrogen and oxygen atoms in total. The first-order valence-electron chi connectivity index (χ1n) is 3.17. The lowest BCUT2D eigenvalue weighted by Crippen LogP contribution is -1.98. The zero-order chi connectivity index (χ0) is 7.98. The lowest BCUT2D eigenvalue weighted by molar-refractivity contribution is -0.137. The molecule has 0 aromatic heterocycles. The minimum Gasteiger partial charge on any atom is -0.481 e. The Labute approximate surface area is 58.5 Å². The van der Waals surface area contributed by atoms with E-state index >= 15 is 0 Å². The highest BCUT2D eigenvalue weighted by Gasteiger charge is 2.00. The van der Waals surface area contributed by atoms with Gasteiger partial charge in [-0.2, -0.15) is 0 Å². The second-order valence-electron chi connectivity index (χ2n) is 2.07. The van der Waals surface area contributed by atoms with E-state index in [9.17, 15) is 9.18 Å². The Morgan fingerprint density at radius 3 is 2.50 bits per heavy atom. The molecule has 2 N–H and O–H groups in total. The third-order valence-electron chi connectivity index (χ3n) is 1.08. The monoisotopic (exact) mass is 150 g/mol. The van der Waals surface area contributed by atoms with Crippen LogP contribution in [0.15, 0.2) is 0 Å². The van der Waals surface area contributed by atoms with Gasteiger partial charge in [-0.3, -0.25) is 4.79 Å². The van der Waals surface area contributed by atoms with Gasteiger partial charge in [0.2, 0.25) is 0 Å². The van der Waals surface area contributed by atoms with Gasteiger partial charge in [-0.15, -0.1) is 0 Å². The van der Waals surface area contributed by atoms with Crippen LogP contribution in [0.4, 0.5) is 4.39 Å². The highest BCUT2D eigenvalue weighted by atomic mass is 19.1. The van der Waals surface area contributed by atoms with Crippen LogP contribution >= 0.6 is 0 Å². The van der Waals surface area contributed by atoms with Crippen LogP contribution in [-0.4, -0.2) is 22.5 Å². The van der Waals surface area contributed by atoms with Crippen molar-refractivity contribution in [2.75, 3.05) is 0 Å².